The zero-order chi connectivity index (χ0) is 13.2. The molecule has 4 heteroatoms. The Hall–Kier alpha value is -1.73. The van der Waals surface area contributed by atoms with Gasteiger partial charge in [-0.2, -0.15) is 5.26 Å². The summed E-state index contributed by atoms with van der Waals surface area (Å²) in [7, 11) is 0. The summed E-state index contributed by atoms with van der Waals surface area (Å²) in [6, 6.07) is 5.98. The normalized spacial score (nSPS) is 10.3. The van der Waals surface area contributed by atoms with Crippen molar-refractivity contribution in [1.82, 2.24) is 9.88 Å². The van der Waals surface area contributed by atoms with Crippen molar-refractivity contribution < 1.29 is 4.79 Å². The van der Waals surface area contributed by atoms with E-state index in [9.17, 15) is 4.79 Å². The van der Waals surface area contributed by atoms with Crippen LogP contribution in [0.5, 0.6) is 0 Å². The van der Waals surface area contributed by atoms with Crippen LogP contribution in [0.25, 0.3) is 0 Å². The van der Waals surface area contributed by atoms with Crippen LogP contribution in [0.1, 0.15) is 31.7 Å². The molecule has 1 aromatic rings. The van der Waals surface area contributed by atoms with Crippen LogP contribution in [0.3, 0.4) is 0 Å². The van der Waals surface area contributed by atoms with Gasteiger partial charge in [0.25, 0.3) is 0 Å². The number of carbonyl (C=O) groups excluding carboxylic acids is 1. The summed E-state index contributed by atoms with van der Waals surface area (Å²) in [5.74, 6) is 0.235. The van der Waals surface area contributed by atoms with Crippen molar-refractivity contribution in [2.24, 2.45) is 0 Å². The van der Waals surface area contributed by atoms with Crippen LogP contribution in [0.2, 0.25) is 0 Å². The zero-order valence-corrected chi connectivity index (χ0v) is 10.8. The number of pyridine rings is 1. The number of nitrogens with zero attached hydrogens (tertiary/aromatic N) is 3. The van der Waals surface area contributed by atoms with E-state index in [1.165, 1.54) is 0 Å². The van der Waals surface area contributed by atoms with Gasteiger partial charge in [0.15, 0.2) is 0 Å². The SMILES string of the molecule is CCCC(=O)CN(CCC#N)Cc1cccnc1. The number of hydrogen-bond acceptors (Lipinski definition) is 4. The van der Waals surface area contributed by atoms with Gasteiger partial charge in [-0.1, -0.05) is 13.0 Å². The third kappa shape index (κ3) is 5.55. The summed E-state index contributed by atoms with van der Waals surface area (Å²) < 4.78 is 0. The zero-order valence-electron chi connectivity index (χ0n) is 10.8. The molecule has 0 amide bonds. The minimum Gasteiger partial charge on any atom is -0.298 e. The molecular weight excluding hydrogens is 226 g/mol. The molecule has 0 saturated carbocycles. The highest BCUT2D eigenvalue weighted by Gasteiger charge is 2.10. The molecule has 1 rings (SSSR count). The summed E-state index contributed by atoms with van der Waals surface area (Å²) in [6.07, 6.45) is 5.45. The smallest absolute Gasteiger partial charge is 0.146 e. The van der Waals surface area contributed by atoms with Gasteiger partial charge in [0.05, 0.1) is 12.6 Å². The average molecular weight is 245 g/mol. The molecule has 1 heterocycles. The monoisotopic (exact) mass is 245 g/mol. The fourth-order valence-corrected chi connectivity index (χ4v) is 1.78. The Bertz CT molecular complexity index is 397. The molecule has 0 aliphatic rings. The lowest BCUT2D eigenvalue weighted by Crippen LogP contribution is -2.30. The van der Waals surface area contributed by atoms with Crippen molar-refractivity contribution in [2.75, 3.05) is 13.1 Å². The first kappa shape index (κ1) is 14.3. The highest BCUT2D eigenvalue weighted by molar-refractivity contribution is 5.80. The standard InChI is InChI=1S/C14H19N3O/c1-2-5-14(18)12-17(9-4-7-15)11-13-6-3-8-16-10-13/h3,6,8,10H,2,4-5,9,11-12H2,1H3. The Morgan fingerprint density at radius 1 is 1.56 bits per heavy atom. The van der Waals surface area contributed by atoms with Gasteiger partial charge in [-0.05, 0) is 18.1 Å². The van der Waals surface area contributed by atoms with Gasteiger partial charge >= 0.3 is 0 Å². The first-order valence-corrected chi connectivity index (χ1v) is 6.26. The Morgan fingerprint density at radius 2 is 2.39 bits per heavy atom. The molecule has 4 nitrogen and oxygen atoms in total. The van der Waals surface area contributed by atoms with Crippen LogP contribution in [0.15, 0.2) is 24.5 Å². The third-order valence-electron chi connectivity index (χ3n) is 2.60. The van der Waals surface area contributed by atoms with E-state index in [1.807, 2.05) is 24.0 Å². The summed E-state index contributed by atoms with van der Waals surface area (Å²) in [5, 5.41) is 8.64. The molecule has 0 aromatic carbocycles. The molecule has 0 aliphatic heterocycles. The molecule has 96 valence electrons. The van der Waals surface area contributed by atoms with Gasteiger partial charge in [-0.15, -0.1) is 0 Å². The van der Waals surface area contributed by atoms with Gasteiger partial charge < -0.3 is 0 Å². The minimum atomic E-state index is 0.235. The molecule has 0 spiro atoms. The van der Waals surface area contributed by atoms with Crippen LogP contribution in [0.4, 0.5) is 0 Å². The summed E-state index contributed by atoms with van der Waals surface area (Å²) in [6.45, 7) is 3.72. The predicted octanol–water partition coefficient (Wildman–Crippen LogP) is 2.17. The van der Waals surface area contributed by atoms with E-state index in [1.54, 1.807) is 12.4 Å². The number of ketones is 1. The van der Waals surface area contributed by atoms with Crippen molar-refractivity contribution in [1.29, 1.82) is 5.26 Å². The van der Waals surface area contributed by atoms with E-state index in [0.29, 0.717) is 32.5 Å². The Morgan fingerprint density at radius 3 is 3.00 bits per heavy atom. The van der Waals surface area contributed by atoms with E-state index in [2.05, 4.69) is 11.1 Å². The molecule has 0 fully saturated rings. The number of carbonyl (C=O) groups is 1. The minimum absolute atomic E-state index is 0.235. The molecule has 0 radical (unpaired) electrons. The second kappa shape index (κ2) is 8.37. The third-order valence-corrected chi connectivity index (χ3v) is 2.60. The molecule has 0 atom stereocenters. The Balaban J connectivity index is 2.55. The quantitative estimate of drug-likeness (QED) is 0.704. The van der Waals surface area contributed by atoms with Crippen molar-refractivity contribution in [2.45, 2.75) is 32.7 Å². The first-order chi connectivity index (χ1) is 8.76. The second-order valence-corrected chi connectivity index (χ2v) is 4.27. The summed E-state index contributed by atoms with van der Waals surface area (Å²) >= 11 is 0. The van der Waals surface area contributed by atoms with E-state index in [4.69, 9.17) is 5.26 Å². The van der Waals surface area contributed by atoms with Crippen molar-refractivity contribution in [3.8, 4) is 6.07 Å². The van der Waals surface area contributed by atoms with Gasteiger partial charge in [0.1, 0.15) is 5.78 Å². The van der Waals surface area contributed by atoms with Crippen LogP contribution < -0.4 is 0 Å². The highest BCUT2D eigenvalue weighted by atomic mass is 16.1. The van der Waals surface area contributed by atoms with Crippen LogP contribution in [-0.2, 0) is 11.3 Å². The second-order valence-electron chi connectivity index (χ2n) is 4.27. The molecule has 18 heavy (non-hydrogen) atoms. The highest BCUT2D eigenvalue weighted by Crippen LogP contribution is 2.04. The predicted molar refractivity (Wildman–Crippen MR) is 69.7 cm³/mol. The average Bonchev–Trinajstić information content (AvgIpc) is 2.37. The van der Waals surface area contributed by atoms with Crippen molar-refractivity contribution >= 4 is 5.78 Å². The van der Waals surface area contributed by atoms with Crippen molar-refractivity contribution in [3.63, 3.8) is 0 Å². The van der Waals surface area contributed by atoms with Gasteiger partial charge in [-0.3, -0.25) is 14.7 Å². The lowest BCUT2D eigenvalue weighted by molar-refractivity contribution is -0.120. The summed E-state index contributed by atoms with van der Waals surface area (Å²) in [4.78, 5) is 17.7. The topological polar surface area (TPSA) is 57.0 Å². The van der Waals surface area contributed by atoms with Crippen molar-refractivity contribution in [3.05, 3.63) is 30.1 Å². The Kier molecular flexibility index (Phi) is 6.67. The molecule has 0 bridgehead atoms. The van der Waals surface area contributed by atoms with Gasteiger partial charge in [0.2, 0.25) is 0 Å². The largest absolute Gasteiger partial charge is 0.298 e. The maximum atomic E-state index is 11.7. The van der Waals surface area contributed by atoms with Crippen LogP contribution in [0, 0.1) is 11.3 Å². The van der Waals surface area contributed by atoms with Crippen LogP contribution >= 0.6 is 0 Å². The number of aromatic nitrogens is 1. The number of rotatable bonds is 8. The summed E-state index contributed by atoms with van der Waals surface area (Å²) in [5.41, 5.74) is 1.07. The van der Waals surface area contributed by atoms with E-state index < -0.39 is 0 Å². The maximum absolute atomic E-state index is 11.7. The maximum Gasteiger partial charge on any atom is 0.146 e. The lowest BCUT2D eigenvalue weighted by Gasteiger charge is -2.20. The van der Waals surface area contributed by atoms with E-state index in [0.717, 1.165) is 12.0 Å². The van der Waals surface area contributed by atoms with Gasteiger partial charge in [0, 0.05) is 38.3 Å². The lowest BCUT2D eigenvalue weighted by atomic mass is 10.2. The molecule has 1 aromatic heterocycles. The number of nitriles is 1. The van der Waals surface area contributed by atoms with E-state index in [-0.39, 0.29) is 5.78 Å². The van der Waals surface area contributed by atoms with Gasteiger partial charge in [-0.25, -0.2) is 0 Å². The Labute approximate surface area is 108 Å². The molecular formula is C14H19N3O. The molecule has 0 unspecified atom stereocenters. The molecule has 0 N–H and O–H groups in total. The first-order valence-electron chi connectivity index (χ1n) is 6.26. The molecule has 0 aliphatic carbocycles. The van der Waals surface area contributed by atoms with E-state index >= 15 is 0 Å². The number of Topliss-reactive ketones (excluding diaryl/α,β-unsaturated/α-hetero) is 1. The number of hydrogen-bond donors (Lipinski definition) is 0. The fraction of sp³-hybridized carbons (Fsp3) is 0.500. The van der Waals surface area contributed by atoms with Crippen LogP contribution in [-0.4, -0.2) is 28.8 Å². The fourth-order valence-electron chi connectivity index (χ4n) is 1.78. The molecule has 0 saturated heterocycles.